The van der Waals surface area contributed by atoms with Gasteiger partial charge in [-0.1, -0.05) is 12.1 Å². The summed E-state index contributed by atoms with van der Waals surface area (Å²) in [6.45, 7) is 1.76. The quantitative estimate of drug-likeness (QED) is 0.868. The number of carboxylic acid groups (broad SMARTS) is 1. The van der Waals surface area contributed by atoms with Crippen molar-refractivity contribution >= 4 is 11.7 Å². The number of benzene rings is 1. The van der Waals surface area contributed by atoms with Crippen LogP contribution in [0, 0.1) is 0 Å². The molecule has 0 aliphatic carbocycles. The second kappa shape index (κ2) is 5.57. The number of hydrogen-bond donors (Lipinski definition) is 1. The highest BCUT2D eigenvalue weighted by Crippen LogP contribution is 2.30. The van der Waals surface area contributed by atoms with Gasteiger partial charge in [0.1, 0.15) is 5.75 Å². The minimum Gasteiger partial charge on any atom is -0.480 e. The molecule has 0 atom stereocenters. The molecule has 92 valence electrons. The van der Waals surface area contributed by atoms with Gasteiger partial charge in [0.05, 0.1) is 5.69 Å². The number of para-hydroxylation sites is 2. The van der Waals surface area contributed by atoms with Gasteiger partial charge in [-0.3, -0.25) is 0 Å². The van der Waals surface area contributed by atoms with Gasteiger partial charge in [0.25, 0.3) is 0 Å². The summed E-state index contributed by atoms with van der Waals surface area (Å²) in [5.74, 6) is -0.282. The fourth-order valence-electron chi connectivity index (χ4n) is 2.11. The van der Waals surface area contributed by atoms with Gasteiger partial charge in [-0.2, -0.15) is 0 Å². The van der Waals surface area contributed by atoms with Crippen LogP contribution in [-0.4, -0.2) is 30.8 Å². The van der Waals surface area contributed by atoms with E-state index in [4.69, 9.17) is 9.84 Å². The molecule has 1 saturated heterocycles. The maximum Gasteiger partial charge on any atom is 0.341 e. The van der Waals surface area contributed by atoms with Crippen molar-refractivity contribution in [1.82, 2.24) is 0 Å². The average molecular weight is 235 g/mol. The summed E-state index contributed by atoms with van der Waals surface area (Å²) < 4.78 is 5.31. The first kappa shape index (κ1) is 11.8. The highest BCUT2D eigenvalue weighted by molar-refractivity contribution is 5.69. The number of hydrogen-bond acceptors (Lipinski definition) is 3. The lowest BCUT2D eigenvalue weighted by Gasteiger charge is -2.30. The van der Waals surface area contributed by atoms with Crippen LogP contribution in [0.5, 0.6) is 5.75 Å². The molecular formula is C13H17NO3. The number of piperidine rings is 1. The third kappa shape index (κ3) is 3.12. The van der Waals surface area contributed by atoms with Crippen LogP contribution in [0.2, 0.25) is 0 Å². The standard InChI is InChI=1S/C13H17NO3/c15-13(16)10-17-12-7-3-2-6-11(12)14-8-4-1-5-9-14/h2-3,6-7H,1,4-5,8-10H2,(H,15,16). The van der Waals surface area contributed by atoms with E-state index >= 15 is 0 Å². The molecule has 1 aliphatic rings. The molecule has 0 amide bonds. The van der Waals surface area contributed by atoms with Crippen LogP contribution in [0.4, 0.5) is 5.69 Å². The number of rotatable bonds is 4. The summed E-state index contributed by atoms with van der Waals surface area (Å²) in [7, 11) is 0. The summed E-state index contributed by atoms with van der Waals surface area (Å²) in [6, 6.07) is 7.64. The van der Waals surface area contributed by atoms with Gasteiger partial charge in [-0.05, 0) is 31.4 Å². The predicted molar refractivity (Wildman–Crippen MR) is 65.6 cm³/mol. The number of anilines is 1. The largest absolute Gasteiger partial charge is 0.480 e. The molecule has 1 N–H and O–H groups in total. The average Bonchev–Trinajstić information content (AvgIpc) is 2.38. The molecule has 1 aromatic carbocycles. The zero-order chi connectivity index (χ0) is 12.1. The molecule has 1 fully saturated rings. The van der Waals surface area contributed by atoms with E-state index in [1.54, 1.807) is 0 Å². The lowest BCUT2D eigenvalue weighted by atomic mass is 10.1. The summed E-state index contributed by atoms with van der Waals surface area (Å²) in [6.07, 6.45) is 3.65. The van der Waals surface area contributed by atoms with Gasteiger partial charge in [0, 0.05) is 13.1 Å². The van der Waals surface area contributed by atoms with Gasteiger partial charge in [0.15, 0.2) is 6.61 Å². The summed E-state index contributed by atoms with van der Waals surface area (Å²) in [5, 5.41) is 8.64. The lowest BCUT2D eigenvalue weighted by Crippen LogP contribution is -2.29. The van der Waals surface area contributed by atoms with Crippen LogP contribution in [0.1, 0.15) is 19.3 Å². The number of nitrogens with zero attached hydrogens (tertiary/aromatic N) is 1. The second-order valence-electron chi connectivity index (χ2n) is 4.20. The Hall–Kier alpha value is -1.71. The van der Waals surface area contributed by atoms with Crippen LogP contribution < -0.4 is 9.64 Å². The van der Waals surface area contributed by atoms with E-state index in [9.17, 15) is 4.79 Å². The van der Waals surface area contributed by atoms with E-state index in [1.807, 2.05) is 24.3 Å². The first-order valence-corrected chi connectivity index (χ1v) is 5.96. The van der Waals surface area contributed by atoms with E-state index in [0.29, 0.717) is 5.75 Å². The molecule has 4 nitrogen and oxygen atoms in total. The summed E-state index contributed by atoms with van der Waals surface area (Å²) in [4.78, 5) is 12.8. The Bertz CT molecular complexity index is 386. The molecule has 0 aromatic heterocycles. The first-order chi connectivity index (χ1) is 8.27. The van der Waals surface area contributed by atoms with Crippen molar-refractivity contribution in [3.8, 4) is 5.75 Å². The van der Waals surface area contributed by atoms with Crippen LogP contribution in [0.15, 0.2) is 24.3 Å². The third-order valence-electron chi connectivity index (χ3n) is 2.91. The minimum absolute atomic E-state index is 0.287. The van der Waals surface area contributed by atoms with E-state index < -0.39 is 5.97 Å². The van der Waals surface area contributed by atoms with Crippen molar-refractivity contribution in [2.24, 2.45) is 0 Å². The number of ether oxygens (including phenoxy) is 1. The lowest BCUT2D eigenvalue weighted by molar-refractivity contribution is -0.139. The van der Waals surface area contributed by atoms with Crippen LogP contribution in [0.25, 0.3) is 0 Å². The van der Waals surface area contributed by atoms with Gasteiger partial charge in [0.2, 0.25) is 0 Å². The molecule has 1 aromatic rings. The third-order valence-corrected chi connectivity index (χ3v) is 2.91. The fourth-order valence-corrected chi connectivity index (χ4v) is 2.11. The Labute approximate surface area is 101 Å². The van der Waals surface area contributed by atoms with Crippen molar-refractivity contribution in [3.63, 3.8) is 0 Å². The van der Waals surface area contributed by atoms with Gasteiger partial charge >= 0.3 is 5.97 Å². The number of carbonyl (C=O) groups is 1. The Balaban J connectivity index is 2.11. The number of aliphatic carboxylic acids is 1. The second-order valence-corrected chi connectivity index (χ2v) is 4.20. The zero-order valence-corrected chi connectivity index (χ0v) is 9.76. The monoisotopic (exact) mass is 235 g/mol. The van der Waals surface area contributed by atoms with Crippen molar-refractivity contribution in [3.05, 3.63) is 24.3 Å². The van der Waals surface area contributed by atoms with Crippen LogP contribution >= 0.6 is 0 Å². The Morgan fingerprint density at radius 1 is 1.24 bits per heavy atom. The fraction of sp³-hybridized carbons (Fsp3) is 0.462. The minimum atomic E-state index is -0.946. The normalized spacial score (nSPS) is 15.6. The van der Waals surface area contributed by atoms with E-state index in [2.05, 4.69) is 4.90 Å². The molecular weight excluding hydrogens is 218 g/mol. The van der Waals surface area contributed by atoms with E-state index in [1.165, 1.54) is 19.3 Å². The molecule has 0 radical (unpaired) electrons. The maximum absolute atomic E-state index is 10.5. The Morgan fingerprint density at radius 3 is 2.65 bits per heavy atom. The van der Waals surface area contributed by atoms with Crippen molar-refractivity contribution < 1.29 is 14.6 Å². The molecule has 4 heteroatoms. The van der Waals surface area contributed by atoms with Gasteiger partial charge < -0.3 is 14.7 Å². The molecule has 0 saturated carbocycles. The molecule has 0 bridgehead atoms. The molecule has 17 heavy (non-hydrogen) atoms. The summed E-state index contributed by atoms with van der Waals surface area (Å²) >= 11 is 0. The van der Waals surface area contributed by atoms with Gasteiger partial charge in [-0.15, -0.1) is 0 Å². The van der Waals surface area contributed by atoms with E-state index in [-0.39, 0.29) is 6.61 Å². The maximum atomic E-state index is 10.5. The molecule has 0 unspecified atom stereocenters. The number of carboxylic acids is 1. The van der Waals surface area contributed by atoms with Crippen LogP contribution in [-0.2, 0) is 4.79 Å². The molecule has 0 spiro atoms. The smallest absolute Gasteiger partial charge is 0.341 e. The highest BCUT2D eigenvalue weighted by atomic mass is 16.5. The summed E-state index contributed by atoms with van der Waals surface area (Å²) in [5.41, 5.74) is 1.01. The predicted octanol–water partition coefficient (Wildman–Crippen LogP) is 2.14. The van der Waals surface area contributed by atoms with E-state index in [0.717, 1.165) is 18.8 Å². The topological polar surface area (TPSA) is 49.8 Å². The van der Waals surface area contributed by atoms with Crippen LogP contribution in [0.3, 0.4) is 0 Å². The molecule has 2 rings (SSSR count). The SMILES string of the molecule is O=C(O)COc1ccccc1N1CCCCC1. The van der Waals surface area contributed by atoms with Gasteiger partial charge in [-0.25, -0.2) is 4.79 Å². The van der Waals surface area contributed by atoms with Crippen molar-refractivity contribution in [2.75, 3.05) is 24.6 Å². The van der Waals surface area contributed by atoms with Crippen molar-refractivity contribution in [2.45, 2.75) is 19.3 Å². The zero-order valence-electron chi connectivity index (χ0n) is 9.76. The molecule has 1 heterocycles. The van der Waals surface area contributed by atoms with Crippen molar-refractivity contribution in [1.29, 1.82) is 0 Å². The first-order valence-electron chi connectivity index (χ1n) is 5.96. The Morgan fingerprint density at radius 2 is 1.94 bits per heavy atom. The highest BCUT2D eigenvalue weighted by Gasteiger charge is 2.15. The Kier molecular flexibility index (Phi) is 3.85. The molecule has 1 aliphatic heterocycles.